The number of carbonyl (C=O) groups excluding carboxylic acids is 1. The maximum Gasteiger partial charge on any atom is 0.422 e. The molecule has 1 amide bonds. The SMILES string of the molecule is C[C@@H](CNC(=O)Cc1cccc(OCC(F)(F)F)c1)CN(C)C. The van der Waals surface area contributed by atoms with Crippen LogP contribution in [0.2, 0.25) is 0 Å². The second-order valence-corrected chi connectivity index (χ2v) is 5.90. The number of ether oxygens (including phenoxy) is 1. The maximum absolute atomic E-state index is 12.1. The first-order valence-corrected chi connectivity index (χ1v) is 7.35. The van der Waals surface area contributed by atoms with E-state index in [1.165, 1.54) is 12.1 Å². The van der Waals surface area contributed by atoms with Gasteiger partial charge < -0.3 is 15.0 Å². The highest BCUT2D eigenvalue weighted by Gasteiger charge is 2.28. The van der Waals surface area contributed by atoms with Crippen LogP contribution in [-0.4, -0.2) is 50.8 Å². The molecule has 0 aliphatic heterocycles. The van der Waals surface area contributed by atoms with Gasteiger partial charge in [-0.1, -0.05) is 19.1 Å². The molecule has 23 heavy (non-hydrogen) atoms. The van der Waals surface area contributed by atoms with Crippen molar-refractivity contribution in [1.82, 2.24) is 10.2 Å². The van der Waals surface area contributed by atoms with Gasteiger partial charge in [-0.3, -0.25) is 4.79 Å². The van der Waals surface area contributed by atoms with E-state index in [9.17, 15) is 18.0 Å². The molecule has 130 valence electrons. The molecule has 1 aromatic carbocycles. The van der Waals surface area contributed by atoms with Crippen molar-refractivity contribution in [3.05, 3.63) is 29.8 Å². The summed E-state index contributed by atoms with van der Waals surface area (Å²) in [5.74, 6) is 0.257. The highest BCUT2D eigenvalue weighted by Crippen LogP contribution is 2.19. The number of hydrogen-bond acceptors (Lipinski definition) is 3. The number of rotatable bonds is 8. The number of nitrogens with zero attached hydrogens (tertiary/aromatic N) is 1. The van der Waals surface area contributed by atoms with Crippen LogP contribution in [0.3, 0.4) is 0 Å². The minimum atomic E-state index is -4.38. The summed E-state index contributed by atoms with van der Waals surface area (Å²) in [5.41, 5.74) is 0.613. The zero-order valence-electron chi connectivity index (χ0n) is 13.6. The lowest BCUT2D eigenvalue weighted by Gasteiger charge is -2.17. The van der Waals surface area contributed by atoms with E-state index in [4.69, 9.17) is 0 Å². The van der Waals surface area contributed by atoms with Crippen molar-refractivity contribution in [1.29, 1.82) is 0 Å². The van der Waals surface area contributed by atoms with Crippen LogP contribution in [0.25, 0.3) is 0 Å². The maximum atomic E-state index is 12.1. The van der Waals surface area contributed by atoms with Crippen LogP contribution in [-0.2, 0) is 11.2 Å². The van der Waals surface area contributed by atoms with Crippen LogP contribution in [0.5, 0.6) is 5.75 Å². The normalized spacial score (nSPS) is 13.0. The Kier molecular flexibility index (Phi) is 7.35. The van der Waals surface area contributed by atoms with Gasteiger partial charge in [0.25, 0.3) is 0 Å². The van der Waals surface area contributed by atoms with E-state index < -0.39 is 12.8 Å². The summed E-state index contributed by atoms with van der Waals surface area (Å²) in [6, 6.07) is 6.15. The molecule has 0 heterocycles. The zero-order chi connectivity index (χ0) is 17.5. The molecule has 0 saturated carbocycles. The smallest absolute Gasteiger partial charge is 0.422 e. The number of benzene rings is 1. The van der Waals surface area contributed by atoms with Crippen molar-refractivity contribution in [2.24, 2.45) is 5.92 Å². The summed E-state index contributed by atoms with van der Waals surface area (Å²) in [4.78, 5) is 13.9. The summed E-state index contributed by atoms with van der Waals surface area (Å²) < 4.78 is 41.0. The van der Waals surface area contributed by atoms with Gasteiger partial charge in [0.15, 0.2) is 6.61 Å². The van der Waals surface area contributed by atoms with E-state index in [0.717, 1.165) is 6.54 Å². The lowest BCUT2D eigenvalue weighted by atomic mass is 10.1. The van der Waals surface area contributed by atoms with E-state index in [-0.39, 0.29) is 18.1 Å². The van der Waals surface area contributed by atoms with Gasteiger partial charge in [0.2, 0.25) is 5.91 Å². The number of nitrogens with one attached hydrogen (secondary N) is 1. The molecule has 0 saturated heterocycles. The Bertz CT molecular complexity index is 504. The molecule has 1 N–H and O–H groups in total. The average Bonchev–Trinajstić information content (AvgIpc) is 2.42. The lowest BCUT2D eigenvalue weighted by Crippen LogP contribution is -2.33. The summed E-state index contributed by atoms with van der Waals surface area (Å²) in [5, 5.41) is 2.83. The van der Waals surface area contributed by atoms with Crippen LogP contribution < -0.4 is 10.1 Å². The van der Waals surface area contributed by atoms with Gasteiger partial charge in [0.1, 0.15) is 5.75 Å². The fraction of sp³-hybridized carbons (Fsp3) is 0.562. The molecule has 0 aliphatic carbocycles. The number of halogens is 3. The Hall–Kier alpha value is -1.76. The van der Waals surface area contributed by atoms with E-state index in [1.54, 1.807) is 12.1 Å². The number of hydrogen-bond donors (Lipinski definition) is 1. The van der Waals surface area contributed by atoms with Gasteiger partial charge in [-0.2, -0.15) is 13.2 Å². The monoisotopic (exact) mass is 332 g/mol. The first-order chi connectivity index (χ1) is 10.7. The quantitative estimate of drug-likeness (QED) is 0.795. The van der Waals surface area contributed by atoms with E-state index in [1.807, 2.05) is 25.9 Å². The molecule has 1 aromatic rings. The Morgan fingerprint density at radius 3 is 2.65 bits per heavy atom. The van der Waals surface area contributed by atoms with Crippen molar-refractivity contribution in [2.45, 2.75) is 19.5 Å². The Morgan fingerprint density at radius 2 is 2.04 bits per heavy atom. The fourth-order valence-corrected chi connectivity index (χ4v) is 2.13. The predicted molar refractivity (Wildman–Crippen MR) is 82.4 cm³/mol. The van der Waals surface area contributed by atoms with Gasteiger partial charge in [0, 0.05) is 13.1 Å². The van der Waals surface area contributed by atoms with Crippen molar-refractivity contribution in [3.63, 3.8) is 0 Å². The molecule has 0 spiro atoms. The molecule has 1 rings (SSSR count). The van der Waals surface area contributed by atoms with E-state index in [0.29, 0.717) is 18.0 Å². The molecular weight excluding hydrogens is 309 g/mol. The third kappa shape index (κ3) is 9.07. The second-order valence-electron chi connectivity index (χ2n) is 5.90. The number of alkyl halides is 3. The third-order valence-electron chi connectivity index (χ3n) is 2.99. The van der Waals surface area contributed by atoms with E-state index in [2.05, 4.69) is 10.1 Å². The van der Waals surface area contributed by atoms with Gasteiger partial charge >= 0.3 is 6.18 Å². The molecule has 0 bridgehead atoms. The Balaban J connectivity index is 2.46. The first kappa shape index (κ1) is 19.3. The molecule has 7 heteroatoms. The van der Waals surface area contributed by atoms with Crippen LogP contribution >= 0.6 is 0 Å². The lowest BCUT2D eigenvalue weighted by molar-refractivity contribution is -0.153. The topological polar surface area (TPSA) is 41.6 Å². The van der Waals surface area contributed by atoms with Crippen LogP contribution in [0, 0.1) is 5.92 Å². The van der Waals surface area contributed by atoms with Gasteiger partial charge in [0.05, 0.1) is 6.42 Å². The second kappa shape index (κ2) is 8.76. The van der Waals surface area contributed by atoms with Crippen LogP contribution in [0.15, 0.2) is 24.3 Å². The van der Waals surface area contributed by atoms with Gasteiger partial charge in [-0.05, 0) is 37.7 Å². The largest absolute Gasteiger partial charge is 0.484 e. The first-order valence-electron chi connectivity index (χ1n) is 7.35. The summed E-state index contributed by atoms with van der Waals surface area (Å²) in [7, 11) is 3.93. The highest BCUT2D eigenvalue weighted by molar-refractivity contribution is 5.78. The van der Waals surface area contributed by atoms with Crippen molar-refractivity contribution in [2.75, 3.05) is 33.8 Å². The van der Waals surface area contributed by atoms with Gasteiger partial charge in [-0.15, -0.1) is 0 Å². The molecule has 4 nitrogen and oxygen atoms in total. The molecule has 0 aromatic heterocycles. The average molecular weight is 332 g/mol. The summed E-state index contributed by atoms with van der Waals surface area (Å²) in [6.45, 7) is 2.11. The fourth-order valence-electron chi connectivity index (χ4n) is 2.13. The minimum absolute atomic E-state index is 0.105. The third-order valence-corrected chi connectivity index (χ3v) is 2.99. The Labute approximate surface area is 134 Å². The van der Waals surface area contributed by atoms with Crippen LogP contribution in [0.1, 0.15) is 12.5 Å². The number of amides is 1. The molecule has 0 aliphatic rings. The standard InChI is InChI=1S/C16H23F3N2O2/c1-12(10-21(2)3)9-20-15(22)8-13-5-4-6-14(7-13)23-11-16(17,18)19/h4-7,12H,8-11H2,1-3H3,(H,20,22)/t12-/m0/s1. The van der Waals surface area contributed by atoms with Crippen molar-refractivity contribution in [3.8, 4) is 5.75 Å². The zero-order valence-corrected chi connectivity index (χ0v) is 13.6. The highest BCUT2D eigenvalue weighted by atomic mass is 19.4. The molecule has 0 unspecified atom stereocenters. The van der Waals surface area contributed by atoms with Gasteiger partial charge in [-0.25, -0.2) is 0 Å². The van der Waals surface area contributed by atoms with Crippen molar-refractivity contribution >= 4 is 5.91 Å². The molecule has 0 radical (unpaired) electrons. The van der Waals surface area contributed by atoms with Crippen molar-refractivity contribution < 1.29 is 22.7 Å². The number of carbonyl (C=O) groups is 1. The molecule has 0 fully saturated rings. The minimum Gasteiger partial charge on any atom is -0.484 e. The summed E-state index contributed by atoms with van der Waals surface area (Å²) in [6.07, 6.45) is -4.27. The van der Waals surface area contributed by atoms with Crippen LogP contribution in [0.4, 0.5) is 13.2 Å². The molecule has 1 atom stereocenters. The Morgan fingerprint density at radius 1 is 1.35 bits per heavy atom. The summed E-state index contributed by atoms with van der Waals surface area (Å²) >= 11 is 0. The molecular formula is C16H23F3N2O2. The predicted octanol–water partition coefficient (Wildman–Crippen LogP) is 2.48. The van der Waals surface area contributed by atoms with E-state index >= 15 is 0 Å².